The number of hydrogen-bond acceptors (Lipinski definition) is 0. The average Bonchev–Trinajstić information content (AvgIpc) is 1.69. The minimum Gasteiger partial charge on any atom is -0.242 e. The fourth-order valence-electron chi connectivity index (χ4n) is 0.955. The SMILES string of the molecule is Br.CC1CCC[N]C1. The van der Waals surface area contributed by atoms with Gasteiger partial charge >= 0.3 is 0 Å². The van der Waals surface area contributed by atoms with Crippen molar-refractivity contribution in [2.45, 2.75) is 19.8 Å². The molecule has 0 bridgehead atoms. The molecule has 0 saturated carbocycles. The fourth-order valence-corrected chi connectivity index (χ4v) is 0.955. The van der Waals surface area contributed by atoms with Gasteiger partial charge in [-0.1, -0.05) is 6.92 Å². The zero-order valence-corrected chi connectivity index (χ0v) is 6.97. The maximum absolute atomic E-state index is 4.26. The summed E-state index contributed by atoms with van der Waals surface area (Å²) in [5.74, 6) is 0.869. The lowest BCUT2D eigenvalue weighted by atomic mass is 10.0. The van der Waals surface area contributed by atoms with Crippen molar-refractivity contribution in [3.05, 3.63) is 0 Å². The van der Waals surface area contributed by atoms with Crippen molar-refractivity contribution < 1.29 is 0 Å². The predicted octanol–water partition coefficient (Wildman–Crippen LogP) is 1.60. The van der Waals surface area contributed by atoms with Crippen molar-refractivity contribution in [2.75, 3.05) is 13.1 Å². The molecule has 0 aromatic rings. The van der Waals surface area contributed by atoms with Crippen LogP contribution in [0.15, 0.2) is 0 Å². The number of hydrogen-bond donors (Lipinski definition) is 0. The lowest BCUT2D eigenvalue weighted by Crippen LogP contribution is -2.21. The molecule has 1 unspecified atom stereocenters. The summed E-state index contributed by atoms with van der Waals surface area (Å²) in [5.41, 5.74) is 0. The van der Waals surface area contributed by atoms with E-state index in [2.05, 4.69) is 12.2 Å². The van der Waals surface area contributed by atoms with Gasteiger partial charge in [-0.05, 0) is 18.8 Å². The van der Waals surface area contributed by atoms with Gasteiger partial charge in [0, 0.05) is 13.1 Å². The normalized spacial score (nSPS) is 28.9. The Hall–Kier alpha value is 0.440. The van der Waals surface area contributed by atoms with Crippen LogP contribution in [-0.2, 0) is 0 Å². The second kappa shape index (κ2) is 4.33. The largest absolute Gasteiger partial charge is 0.242 e. The van der Waals surface area contributed by atoms with Crippen LogP contribution < -0.4 is 5.32 Å². The molecule has 1 radical (unpaired) electrons. The summed E-state index contributed by atoms with van der Waals surface area (Å²) in [6, 6.07) is 0. The predicted molar refractivity (Wildman–Crippen MR) is 40.6 cm³/mol. The van der Waals surface area contributed by atoms with E-state index in [0.29, 0.717) is 0 Å². The van der Waals surface area contributed by atoms with Crippen LogP contribution in [-0.4, -0.2) is 13.1 Å². The third-order valence-corrected chi connectivity index (χ3v) is 1.45. The van der Waals surface area contributed by atoms with E-state index in [9.17, 15) is 0 Å². The molecule has 1 saturated heterocycles. The molecular weight excluding hydrogens is 166 g/mol. The molecule has 8 heavy (non-hydrogen) atoms. The molecule has 0 aromatic heterocycles. The van der Waals surface area contributed by atoms with E-state index in [0.717, 1.165) is 19.0 Å². The van der Waals surface area contributed by atoms with Crippen LogP contribution in [0.4, 0.5) is 0 Å². The quantitative estimate of drug-likeness (QED) is 0.536. The highest BCUT2D eigenvalue weighted by molar-refractivity contribution is 8.93. The fraction of sp³-hybridized carbons (Fsp3) is 1.00. The van der Waals surface area contributed by atoms with Crippen LogP contribution in [0.25, 0.3) is 0 Å². The topological polar surface area (TPSA) is 14.1 Å². The van der Waals surface area contributed by atoms with E-state index < -0.39 is 0 Å². The Morgan fingerprint density at radius 3 is 2.50 bits per heavy atom. The van der Waals surface area contributed by atoms with Gasteiger partial charge in [-0.2, -0.15) is 0 Å². The summed E-state index contributed by atoms with van der Waals surface area (Å²) in [6.45, 7) is 4.49. The van der Waals surface area contributed by atoms with Gasteiger partial charge in [0.25, 0.3) is 0 Å². The molecule has 1 nitrogen and oxygen atoms in total. The van der Waals surface area contributed by atoms with E-state index in [1.807, 2.05) is 0 Å². The molecule has 1 aliphatic heterocycles. The van der Waals surface area contributed by atoms with Gasteiger partial charge in [-0.3, -0.25) is 0 Å². The molecule has 0 aromatic carbocycles. The minimum absolute atomic E-state index is 0. The van der Waals surface area contributed by atoms with Crippen LogP contribution in [0.1, 0.15) is 19.8 Å². The standard InChI is InChI=1S/C6H12N.BrH/c1-6-3-2-4-7-5-6;/h6H,2-5H2,1H3;1H. The van der Waals surface area contributed by atoms with Gasteiger partial charge in [0.15, 0.2) is 0 Å². The summed E-state index contributed by atoms with van der Waals surface area (Å²) < 4.78 is 0. The Kier molecular flexibility index (Phi) is 4.57. The van der Waals surface area contributed by atoms with Crippen molar-refractivity contribution in [1.82, 2.24) is 5.32 Å². The molecule has 1 aliphatic rings. The molecule has 1 rings (SSSR count). The first-order valence-corrected chi connectivity index (χ1v) is 3.03. The molecule has 0 spiro atoms. The van der Waals surface area contributed by atoms with E-state index in [4.69, 9.17) is 0 Å². The van der Waals surface area contributed by atoms with E-state index in [-0.39, 0.29) is 17.0 Å². The zero-order valence-electron chi connectivity index (χ0n) is 5.26. The zero-order chi connectivity index (χ0) is 5.11. The number of rotatable bonds is 0. The van der Waals surface area contributed by atoms with Crippen LogP contribution in [0.5, 0.6) is 0 Å². The van der Waals surface area contributed by atoms with Crippen molar-refractivity contribution >= 4 is 17.0 Å². The maximum Gasteiger partial charge on any atom is 0.0159 e. The Morgan fingerprint density at radius 1 is 1.50 bits per heavy atom. The summed E-state index contributed by atoms with van der Waals surface area (Å²) in [6.07, 6.45) is 2.71. The first-order valence-electron chi connectivity index (χ1n) is 3.03. The van der Waals surface area contributed by atoms with Crippen molar-refractivity contribution in [3.63, 3.8) is 0 Å². The molecule has 1 atom stereocenters. The molecule has 49 valence electrons. The molecule has 0 aliphatic carbocycles. The Morgan fingerprint density at radius 2 is 2.25 bits per heavy atom. The summed E-state index contributed by atoms with van der Waals surface area (Å²) in [7, 11) is 0. The monoisotopic (exact) mass is 178 g/mol. The first-order chi connectivity index (χ1) is 3.39. The highest BCUT2D eigenvalue weighted by Gasteiger charge is 2.06. The second-order valence-electron chi connectivity index (χ2n) is 2.38. The second-order valence-corrected chi connectivity index (χ2v) is 2.38. The number of halogens is 1. The first kappa shape index (κ1) is 8.44. The summed E-state index contributed by atoms with van der Waals surface area (Å²) in [4.78, 5) is 0. The smallest absolute Gasteiger partial charge is 0.0159 e. The van der Waals surface area contributed by atoms with Crippen LogP contribution >= 0.6 is 17.0 Å². The van der Waals surface area contributed by atoms with Crippen molar-refractivity contribution in [1.29, 1.82) is 0 Å². The average molecular weight is 179 g/mol. The highest BCUT2D eigenvalue weighted by atomic mass is 79.9. The minimum atomic E-state index is 0. The van der Waals surface area contributed by atoms with Crippen LogP contribution in [0, 0.1) is 5.92 Å². The molecule has 0 N–H and O–H groups in total. The molecule has 2 heteroatoms. The molecule has 0 amide bonds. The van der Waals surface area contributed by atoms with Gasteiger partial charge in [0.2, 0.25) is 0 Å². The van der Waals surface area contributed by atoms with Crippen molar-refractivity contribution in [3.8, 4) is 0 Å². The van der Waals surface area contributed by atoms with Crippen molar-refractivity contribution in [2.24, 2.45) is 5.92 Å². The third-order valence-electron chi connectivity index (χ3n) is 1.45. The third kappa shape index (κ3) is 2.68. The Balaban J connectivity index is 0.000000490. The van der Waals surface area contributed by atoms with Gasteiger partial charge in [0.05, 0.1) is 0 Å². The number of piperidine rings is 1. The number of nitrogens with zero attached hydrogens (tertiary/aromatic N) is 1. The summed E-state index contributed by atoms with van der Waals surface area (Å²) >= 11 is 0. The Bertz CT molecular complexity index is 50.5. The molecule has 1 heterocycles. The maximum atomic E-state index is 4.26. The van der Waals surface area contributed by atoms with Crippen LogP contribution in [0.2, 0.25) is 0 Å². The lowest BCUT2D eigenvalue weighted by molar-refractivity contribution is 0.398. The summed E-state index contributed by atoms with van der Waals surface area (Å²) in [5, 5.41) is 4.26. The van der Waals surface area contributed by atoms with Crippen LogP contribution in [0.3, 0.4) is 0 Å². The van der Waals surface area contributed by atoms with Gasteiger partial charge in [-0.25, -0.2) is 5.32 Å². The van der Waals surface area contributed by atoms with Gasteiger partial charge in [0.1, 0.15) is 0 Å². The highest BCUT2D eigenvalue weighted by Crippen LogP contribution is 2.07. The molecule has 1 fully saturated rings. The molecular formula is C6H13BrN. The van der Waals surface area contributed by atoms with Gasteiger partial charge < -0.3 is 0 Å². The van der Waals surface area contributed by atoms with E-state index in [1.165, 1.54) is 12.8 Å². The van der Waals surface area contributed by atoms with Gasteiger partial charge in [-0.15, -0.1) is 17.0 Å². The van der Waals surface area contributed by atoms with E-state index in [1.54, 1.807) is 0 Å². The Labute approximate surface area is 61.6 Å². The lowest BCUT2D eigenvalue weighted by Gasteiger charge is -2.15. The van der Waals surface area contributed by atoms with E-state index >= 15 is 0 Å².